The van der Waals surface area contributed by atoms with Crippen LogP contribution in [0.15, 0.2) is 72.8 Å². The number of anilines is 1. The van der Waals surface area contributed by atoms with Gasteiger partial charge in [-0.05, 0) is 33.9 Å². The van der Waals surface area contributed by atoms with Crippen LogP contribution in [0.1, 0.15) is 22.6 Å². The number of carboxylic acid groups (broad SMARTS) is 1. The molecule has 180 valence electrons. The van der Waals surface area contributed by atoms with Gasteiger partial charge in [0.25, 0.3) is 0 Å². The molecule has 1 aliphatic heterocycles. The Hall–Kier alpha value is -3.84. The lowest BCUT2D eigenvalue weighted by Crippen LogP contribution is -2.45. The third kappa shape index (κ3) is 4.86. The minimum Gasteiger partial charge on any atom is -0.480 e. The molecule has 0 aromatic heterocycles. The Kier molecular flexibility index (Phi) is 6.68. The Morgan fingerprint density at radius 2 is 1.54 bits per heavy atom. The fourth-order valence-electron chi connectivity index (χ4n) is 5.10. The molecular formula is C28H29N3O4. The summed E-state index contributed by atoms with van der Waals surface area (Å²) >= 11 is 0. The van der Waals surface area contributed by atoms with Crippen LogP contribution in [-0.2, 0) is 16.0 Å². The summed E-state index contributed by atoms with van der Waals surface area (Å²) in [5, 5.41) is 15.7. The third-order valence-corrected chi connectivity index (χ3v) is 6.81. The van der Waals surface area contributed by atoms with E-state index in [1.54, 1.807) is 0 Å². The van der Waals surface area contributed by atoms with Crippen molar-refractivity contribution >= 4 is 17.7 Å². The Morgan fingerprint density at radius 1 is 0.943 bits per heavy atom. The maximum Gasteiger partial charge on any atom is 0.407 e. The number of fused-ring (bicyclic) bond motifs is 3. The SMILES string of the molecule is O=C(NC(Cc1ccccc1N1CCNCC1)C(=O)O)OCC1c2ccccc2-c2ccccc21. The van der Waals surface area contributed by atoms with E-state index in [1.807, 2.05) is 60.7 Å². The molecule has 7 nitrogen and oxygen atoms in total. The van der Waals surface area contributed by atoms with Gasteiger partial charge in [0.05, 0.1) is 0 Å². The number of nitrogens with zero attached hydrogens (tertiary/aromatic N) is 1. The van der Waals surface area contributed by atoms with Gasteiger partial charge >= 0.3 is 12.1 Å². The molecule has 0 saturated carbocycles. The van der Waals surface area contributed by atoms with Crippen LogP contribution >= 0.6 is 0 Å². The summed E-state index contributed by atoms with van der Waals surface area (Å²) in [5.74, 6) is -1.17. The van der Waals surface area contributed by atoms with Crippen molar-refractivity contribution in [2.75, 3.05) is 37.7 Å². The first-order valence-corrected chi connectivity index (χ1v) is 12.0. The molecule has 2 aliphatic rings. The predicted octanol–water partition coefficient (Wildman–Crippen LogP) is 3.63. The van der Waals surface area contributed by atoms with Crippen LogP contribution in [-0.4, -0.2) is 56.0 Å². The molecule has 7 heteroatoms. The van der Waals surface area contributed by atoms with Crippen LogP contribution in [0.5, 0.6) is 0 Å². The standard InChI is InChI=1S/C28H29N3O4/c32-27(33)25(17-19-7-1-6-12-26(19)31-15-13-29-14-16-31)30-28(34)35-18-24-22-10-4-2-8-20(22)21-9-3-5-11-23(21)24/h1-12,24-25,29H,13-18H2,(H,30,34)(H,32,33). The van der Waals surface area contributed by atoms with Gasteiger partial charge in [-0.1, -0.05) is 66.7 Å². The minimum atomic E-state index is -1.09. The summed E-state index contributed by atoms with van der Waals surface area (Å²) in [7, 11) is 0. The number of alkyl carbamates (subject to hydrolysis) is 1. The van der Waals surface area contributed by atoms with E-state index in [0.717, 1.165) is 59.7 Å². The summed E-state index contributed by atoms with van der Waals surface area (Å²) in [5.41, 5.74) is 6.41. The number of benzene rings is 3. The second-order valence-corrected chi connectivity index (χ2v) is 8.93. The highest BCUT2D eigenvalue weighted by atomic mass is 16.5. The summed E-state index contributed by atoms with van der Waals surface area (Å²) in [6.07, 6.45) is -0.543. The van der Waals surface area contributed by atoms with Crippen molar-refractivity contribution in [2.24, 2.45) is 0 Å². The van der Waals surface area contributed by atoms with Gasteiger partial charge in [0.1, 0.15) is 12.6 Å². The molecule has 3 N–H and O–H groups in total. The monoisotopic (exact) mass is 471 g/mol. The van der Waals surface area contributed by atoms with E-state index in [0.29, 0.717) is 0 Å². The molecule has 1 amide bonds. The summed E-state index contributed by atoms with van der Waals surface area (Å²) in [6.45, 7) is 3.62. The number of piperazine rings is 1. The van der Waals surface area contributed by atoms with Crippen LogP contribution in [0.4, 0.5) is 10.5 Å². The summed E-state index contributed by atoms with van der Waals surface area (Å²) in [6, 6.07) is 22.9. The number of hydrogen-bond donors (Lipinski definition) is 3. The lowest BCUT2D eigenvalue weighted by atomic mass is 9.98. The first-order valence-electron chi connectivity index (χ1n) is 12.0. The number of carbonyl (C=O) groups excluding carboxylic acids is 1. The number of carbonyl (C=O) groups is 2. The molecule has 1 saturated heterocycles. The van der Waals surface area contributed by atoms with Crippen LogP contribution in [0.2, 0.25) is 0 Å². The largest absolute Gasteiger partial charge is 0.480 e. The minimum absolute atomic E-state index is 0.0788. The average Bonchev–Trinajstić information content (AvgIpc) is 3.21. The number of para-hydroxylation sites is 1. The molecular weight excluding hydrogens is 442 g/mol. The van der Waals surface area contributed by atoms with Gasteiger partial charge in [-0.3, -0.25) is 0 Å². The van der Waals surface area contributed by atoms with Crippen LogP contribution < -0.4 is 15.5 Å². The number of hydrogen-bond acceptors (Lipinski definition) is 5. The van der Waals surface area contributed by atoms with Gasteiger partial charge in [-0.25, -0.2) is 9.59 Å². The fourth-order valence-corrected chi connectivity index (χ4v) is 5.10. The quantitative estimate of drug-likeness (QED) is 0.488. The highest BCUT2D eigenvalue weighted by Gasteiger charge is 2.30. The Morgan fingerprint density at radius 3 is 2.20 bits per heavy atom. The molecule has 1 heterocycles. The maximum absolute atomic E-state index is 12.7. The highest BCUT2D eigenvalue weighted by Crippen LogP contribution is 2.44. The maximum atomic E-state index is 12.7. The van der Waals surface area contributed by atoms with Crippen LogP contribution in [0.3, 0.4) is 0 Å². The fraction of sp³-hybridized carbons (Fsp3) is 0.286. The second kappa shape index (κ2) is 10.2. The van der Waals surface area contributed by atoms with E-state index in [9.17, 15) is 14.7 Å². The van der Waals surface area contributed by atoms with Crippen molar-refractivity contribution in [1.29, 1.82) is 0 Å². The molecule has 1 atom stereocenters. The smallest absolute Gasteiger partial charge is 0.407 e. The van der Waals surface area contributed by atoms with E-state index in [-0.39, 0.29) is 18.9 Å². The first-order chi connectivity index (χ1) is 17.1. The highest BCUT2D eigenvalue weighted by molar-refractivity contribution is 5.81. The van der Waals surface area contributed by atoms with Crippen molar-refractivity contribution in [2.45, 2.75) is 18.4 Å². The van der Waals surface area contributed by atoms with E-state index < -0.39 is 18.1 Å². The van der Waals surface area contributed by atoms with Crippen molar-refractivity contribution in [3.63, 3.8) is 0 Å². The number of amides is 1. The summed E-state index contributed by atoms with van der Waals surface area (Å²) < 4.78 is 5.57. The van der Waals surface area contributed by atoms with Crippen molar-refractivity contribution in [1.82, 2.24) is 10.6 Å². The number of aliphatic carboxylic acids is 1. The van der Waals surface area contributed by atoms with Crippen molar-refractivity contribution < 1.29 is 19.4 Å². The molecule has 5 rings (SSSR count). The lowest BCUT2D eigenvalue weighted by molar-refractivity contribution is -0.139. The average molecular weight is 472 g/mol. The first kappa shape index (κ1) is 22.9. The van der Waals surface area contributed by atoms with Gasteiger partial charge in [-0.2, -0.15) is 0 Å². The lowest BCUT2D eigenvalue weighted by Gasteiger charge is -2.31. The Labute approximate surface area is 204 Å². The van der Waals surface area contributed by atoms with Gasteiger partial charge in [-0.15, -0.1) is 0 Å². The van der Waals surface area contributed by atoms with E-state index in [1.165, 1.54) is 0 Å². The van der Waals surface area contributed by atoms with Crippen molar-refractivity contribution in [3.8, 4) is 11.1 Å². The number of rotatable bonds is 7. The van der Waals surface area contributed by atoms with Crippen molar-refractivity contribution in [3.05, 3.63) is 89.5 Å². The zero-order chi connectivity index (χ0) is 24.2. The van der Waals surface area contributed by atoms with Gasteiger partial charge in [0, 0.05) is 44.2 Å². The molecule has 0 bridgehead atoms. The number of nitrogens with one attached hydrogen (secondary N) is 2. The number of ether oxygens (including phenoxy) is 1. The molecule has 3 aromatic carbocycles. The zero-order valence-corrected chi connectivity index (χ0v) is 19.4. The molecule has 0 spiro atoms. The summed E-state index contributed by atoms with van der Waals surface area (Å²) in [4.78, 5) is 27.0. The van der Waals surface area contributed by atoms with Gasteiger partial charge in [0.2, 0.25) is 0 Å². The molecule has 0 radical (unpaired) electrons. The van der Waals surface area contributed by atoms with Crippen LogP contribution in [0.25, 0.3) is 11.1 Å². The van der Waals surface area contributed by atoms with E-state index >= 15 is 0 Å². The van der Waals surface area contributed by atoms with E-state index in [2.05, 4.69) is 27.7 Å². The second-order valence-electron chi connectivity index (χ2n) is 8.93. The van der Waals surface area contributed by atoms with Crippen LogP contribution in [0, 0.1) is 0 Å². The number of carboxylic acids is 1. The predicted molar refractivity (Wildman–Crippen MR) is 135 cm³/mol. The third-order valence-electron chi connectivity index (χ3n) is 6.81. The van der Waals surface area contributed by atoms with E-state index in [4.69, 9.17) is 4.74 Å². The molecule has 3 aromatic rings. The normalized spacial score (nSPS) is 15.7. The van der Waals surface area contributed by atoms with Gasteiger partial charge in [0.15, 0.2) is 0 Å². The zero-order valence-electron chi connectivity index (χ0n) is 19.4. The molecule has 1 fully saturated rings. The molecule has 1 unspecified atom stereocenters. The van der Waals surface area contributed by atoms with Gasteiger partial charge < -0.3 is 25.4 Å². The molecule has 1 aliphatic carbocycles. The Bertz CT molecular complexity index is 1180. The Balaban J connectivity index is 1.26. The topological polar surface area (TPSA) is 90.9 Å². The molecule has 35 heavy (non-hydrogen) atoms.